The van der Waals surface area contributed by atoms with Gasteiger partial charge in [-0.1, -0.05) is 0 Å². The topological polar surface area (TPSA) is 162 Å². The Morgan fingerprint density at radius 2 is 2.00 bits per heavy atom. The first kappa shape index (κ1) is 16.0. The first-order valence-electron chi connectivity index (χ1n) is 4.59. The minimum atomic E-state index is -4.45. The highest BCUT2D eigenvalue weighted by molar-refractivity contribution is 7.52. The third-order valence-corrected chi connectivity index (χ3v) is 2.87. The summed E-state index contributed by atoms with van der Waals surface area (Å²) in [5, 5.41) is 11.6. The molecule has 0 aromatic rings. The van der Waals surface area contributed by atoms with Gasteiger partial charge in [0.15, 0.2) is 0 Å². The third-order valence-electron chi connectivity index (χ3n) is 2.19. The summed E-state index contributed by atoms with van der Waals surface area (Å²) in [6.45, 7) is 0.634. The molecule has 1 rings (SSSR count). The minimum absolute atomic E-state index is 0. The number of carboxylic acids is 1. The number of carbonyl (C=O) groups is 2. The maximum atomic E-state index is 11.5. The van der Waals surface area contributed by atoms with Gasteiger partial charge < -0.3 is 31.3 Å². The van der Waals surface area contributed by atoms with Crippen LogP contribution in [0.15, 0.2) is 0 Å². The highest BCUT2D eigenvalue weighted by Crippen LogP contribution is 2.34. The third kappa shape index (κ3) is 4.80. The van der Waals surface area contributed by atoms with Crippen molar-refractivity contribution >= 4 is 19.5 Å². The van der Waals surface area contributed by atoms with Crippen LogP contribution >= 0.6 is 7.60 Å². The Kier molecular flexibility index (Phi) is 5.73. The van der Waals surface area contributed by atoms with Crippen molar-refractivity contribution in [3.05, 3.63) is 0 Å². The highest BCUT2D eigenvalue weighted by Gasteiger charge is 2.34. The van der Waals surface area contributed by atoms with Crippen LogP contribution in [0, 0.1) is 0 Å². The van der Waals surface area contributed by atoms with Gasteiger partial charge in [-0.2, -0.15) is 0 Å². The maximum Gasteiger partial charge on any atom is 0.334 e. The van der Waals surface area contributed by atoms with E-state index in [9.17, 15) is 14.2 Å². The van der Waals surface area contributed by atoms with Crippen LogP contribution in [0.1, 0.15) is 0 Å². The van der Waals surface area contributed by atoms with Crippen LogP contribution in [0.5, 0.6) is 0 Å². The molecule has 1 saturated heterocycles. The lowest BCUT2D eigenvalue weighted by molar-refractivity contribution is -0.150. The van der Waals surface area contributed by atoms with E-state index in [4.69, 9.17) is 14.9 Å². The first-order valence-corrected chi connectivity index (χ1v) is 6.38. The Morgan fingerprint density at radius 3 is 2.47 bits per heavy atom. The predicted molar refractivity (Wildman–Crippen MR) is 57.9 cm³/mol. The van der Waals surface area contributed by atoms with Crippen LogP contribution in [0.4, 0.5) is 0 Å². The first-order chi connectivity index (χ1) is 7.31. The van der Waals surface area contributed by atoms with Crippen molar-refractivity contribution in [2.75, 3.05) is 25.8 Å². The van der Waals surface area contributed by atoms with Gasteiger partial charge in [-0.25, -0.2) is 4.79 Å². The molecule has 0 radical (unpaired) electrons. The standard InChI is InChI=1S/C7H13N2O6P.H3N/c10-6(4-16(13,14)15)9-2-1-8-3-5(9)7(11)12;/h5,8H,1-4H2,(H,11,12)(H2,13,14,15);1H3. The van der Waals surface area contributed by atoms with Crippen LogP contribution in [-0.2, 0) is 14.2 Å². The van der Waals surface area contributed by atoms with E-state index < -0.39 is 31.7 Å². The molecule has 1 amide bonds. The average molecular weight is 269 g/mol. The number of amides is 1. The van der Waals surface area contributed by atoms with E-state index in [2.05, 4.69) is 5.32 Å². The number of nitrogens with zero attached hydrogens (tertiary/aromatic N) is 1. The summed E-state index contributed by atoms with van der Waals surface area (Å²) in [4.78, 5) is 40.6. The van der Waals surface area contributed by atoms with Crippen molar-refractivity contribution in [2.45, 2.75) is 6.04 Å². The normalized spacial score (nSPS) is 20.6. The van der Waals surface area contributed by atoms with E-state index in [0.717, 1.165) is 4.90 Å². The molecule has 9 nitrogen and oxygen atoms in total. The second-order valence-corrected chi connectivity index (χ2v) is 5.11. The Balaban J connectivity index is 0.00000256. The van der Waals surface area contributed by atoms with E-state index in [0.29, 0.717) is 6.54 Å². The molecule has 7 N–H and O–H groups in total. The average Bonchev–Trinajstić information content (AvgIpc) is 2.15. The van der Waals surface area contributed by atoms with Gasteiger partial charge in [0.1, 0.15) is 12.2 Å². The summed E-state index contributed by atoms with van der Waals surface area (Å²) in [5.74, 6) is -2.02. The van der Waals surface area contributed by atoms with Crippen LogP contribution in [0.25, 0.3) is 0 Å². The zero-order valence-electron chi connectivity index (χ0n) is 9.07. The molecule has 100 valence electrons. The van der Waals surface area contributed by atoms with E-state index in [-0.39, 0.29) is 19.2 Å². The molecule has 0 aliphatic carbocycles. The van der Waals surface area contributed by atoms with Crippen LogP contribution in [0.2, 0.25) is 0 Å². The summed E-state index contributed by atoms with van der Waals surface area (Å²) in [6, 6.07) is -1.06. The van der Waals surface area contributed by atoms with Gasteiger partial charge in [0.2, 0.25) is 5.91 Å². The van der Waals surface area contributed by atoms with Crippen LogP contribution in [-0.4, -0.2) is 63.5 Å². The summed E-state index contributed by atoms with van der Waals surface area (Å²) < 4.78 is 10.6. The van der Waals surface area contributed by atoms with Crippen LogP contribution < -0.4 is 11.5 Å². The maximum absolute atomic E-state index is 11.5. The summed E-state index contributed by atoms with van der Waals surface area (Å²) in [6.07, 6.45) is -0.948. The van der Waals surface area contributed by atoms with Crippen molar-refractivity contribution in [3.8, 4) is 0 Å². The fraction of sp³-hybridized carbons (Fsp3) is 0.714. The molecule has 1 unspecified atom stereocenters. The van der Waals surface area contributed by atoms with Crippen molar-refractivity contribution in [3.63, 3.8) is 0 Å². The molecule has 0 aromatic carbocycles. The van der Waals surface area contributed by atoms with Crippen molar-refractivity contribution in [1.29, 1.82) is 0 Å². The fourth-order valence-corrected chi connectivity index (χ4v) is 2.02. The number of hydrogen-bond acceptors (Lipinski definition) is 5. The molecule has 0 aromatic heterocycles. The van der Waals surface area contributed by atoms with Gasteiger partial charge in [0, 0.05) is 19.6 Å². The number of rotatable bonds is 3. The Labute approximate surface area is 97.5 Å². The Hall–Kier alpha value is -0.990. The van der Waals surface area contributed by atoms with Gasteiger partial charge in [0.05, 0.1) is 0 Å². The van der Waals surface area contributed by atoms with E-state index in [1.165, 1.54) is 0 Å². The van der Waals surface area contributed by atoms with Gasteiger partial charge in [-0.3, -0.25) is 9.36 Å². The number of piperazine rings is 1. The number of carbonyl (C=O) groups excluding carboxylic acids is 1. The SMILES string of the molecule is N.O=C(O)C1CNCCN1C(=O)CP(=O)(O)O. The zero-order chi connectivity index (χ0) is 12.3. The second-order valence-electron chi connectivity index (χ2n) is 3.47. The summed E-state index contributed by atoms with van der Waals surface area (Å²) >= 11 is 0. The molecule has 1 fully saturated rings. The highest BCUT2D eigenvalue weighted by atomic mass is 31.2. The lowest BCUT2D eigenvalue weighted by Crippen LogP contribution is -2.57. The number of hydrogen-bond donors (Lipinski definition) is 5. The molecule has 1 aliphatic rings. The number of carboxylic acid groups (broad SMARTS) is 1. The van der Waals surface area contributed by atoms with Crippen molar-refractivity contribution < 1.29 is 29.0 Å². The molecular weight excluding hydrogens is 253 g/mol. The smallest absolute Gasteiger partial charge is 0.334 e. The van der Waals surface area contributed by atoms with Gasteiger partial charge >= 0.3 is 13.6 Å². The van der Waals surface area contributed by atoms with Crippen molar-refractivity contribution in [1.82, 2.24) is 16.4 Å². The monoisotopic (exact) mass is 269 g/mol. The zero-order valence-corrected chi connectivity index (χ0v) is 9.97. The largest absolute Gasteiger partial charge is 0.480 e. The minimum Gasteiger partial charge on any atom is -0.480 e. The molecule has 1 aliphatic heterocycles. The lowest BCUT2D eigenvalue weighted by atomic mass is 10.2. The van der Waals surface area contributed by atoms with E-state index in [1.54, 1.807) is 0 Å². The second kappa shape index (κ2) is 6.08. The Bertz CT molecular complexity index is 343. The van der Waals surface area contributed by atoms with Gasteiger partial charge in [0.25, 0.3) is 0 Å². The molecule has 17 heavy (non-hydrogen) atoms. The molecule has 10 heteroatoms. The number of aliphatic carboxylic acids is 1. The van der Waals surface area contributed by atoms with Gasteiger partial charge in [-0.05, 0) is 0 Å². The molecule has 0 bridgehead atoms. The molecule has 1 heterocycles. The number of nitrogens with one attached hydrogen (secondary N) is 1. The molecule has 1 atom stereocenters. The fourth-order valence-electron chi connectivity index (χ4n) is 1.49. The van der Waals surface area contributed by atoms with Crippen molar-refractivity contribution in [2.24, 2.45) is 0 Å². The van der Waals surface area contributed by atoms with E-state index >= 15 is 0 Å². The van der Waals surface area contributed by atoms with Gasteiger partial charge in [-0.15, -0.1) is 0 Å². The van der Waals surface area contributed by atoms with Crippen LogP contribution in [0.3, 0.4) is 0 Å². The molecular formula is C7H16N3O6P. The summed E-state index contributed by atoms with van der Waals surface area (Å²) in [7, 11) is -4.45. The molecule has 0 saturated carbocycles. The predicted octanol–water partition coefficient (Wildman–Crippen LogP) is -1.79. The lowest BCUT2D eigenvalue weighted by Gasteiger charge is -2.33. The Morgan fingerprint density at radius 1 is 1.41 bits per heavy atom. The summed E-state index contributed by atoms with van der Waals surface area (Å²) in [5.41, 5.74) is 0. The quantitative estimate of drug-likeness (QED) is 0.375. The van der Waals surface area contributed by atoms with E-state index in [1.807, 2.05) is 0 Å². The molecule has 0 spiro atoms.